The van der Waals surface area contributed by atoms with Crippen LogP contribution in [0.15, 0.2) is 72.8 Å². The van der Waals surface area contributed by atoms with E-state index < -0.39 is 28.5 Å². The number of nitrogens with zero attached hydrogens (tertiary/aromatic N) is 2. The Morgan fingerprint density at radius 2 is 1.60 bits per heavy atom. The Labute approximate surface area is 243 Å². The van der Waals surface area contributed by atoms with Crippen molar-refractivity contribution in [3.05, 3.63) is 100 Å². The van der Waals surface area contributed by atoms with Crippen molar-refractivity contribution in [3.63, 3.8) is 0 Å². The number of carbonyl (C=O) groups is 2. The quantitative estimate of drug-likeness (QED) is 0.314. The van der Waals surface area contributed by atoms with Crippen molar-refractivity contribution in [3.8, 4) is 0 Å². The van der Waals surface area contributed by atoms with Gasteiger partial charge in [-0.2, -0.15) is 0 Å². The number of nitrogens with one attached hydrogen (secondary N) is 1. The van der Waals surface area contributed by atoms with Crippen molar-refractivity contribution in [1.82, 2.24) is 10.2 Å². The maximum absolute atomic E-state index is 14.1. The van der Waals surface area contributed by atoms with E-state index in [2.05, 4.69) is 5.32 Å². The van der Waals surface area contributed by atoms with Crippen LogP contribution in [-0.4, -0.2) is 50.0 Å². The van der Waals surface area contributed by atoms with Crippen LogP contribution in [0.2, 0.25) is 5.02 Å². The molecule has 3 aromatic rings. The van der Waals surface area contributed by atoms with E-state index in [4.69, 9.17) is 11.6 Å². The molecule has 0 aliphatic rings. The molecule has 0 spiro atoms. The molecule has 214 valence electrons. The van der Waals surface area contributed by atoms with E-state index in [0.717, 1.165) is 33.7 Å². The smallest absolute Gasteiger partial charge is 0.244 e. The average Bonchev–Trinajstić information content (AvgIpc) is 2.91. The highest BCUT2D eigenvalue weighted by atomic mass is 35.5. The lowest BCUT2D eigenvalue weighted by molar-refractivity contribution is -0.140. The Morgan fingerprint density at radius 3 is 2.20 bits per heavy atom. The van der Waals surface area contributed by atoms with Crippen LogP contribution in [0.5, 0.6) is 0 Å². The van der Waals surface area contributed by atoms with Crippen molar-refractivity contribution >= 4 is 39.1 Å². The van der Waals surface area contributed by atoms with E-state index in [1.807, 2.05) is 75.4 Å². The standard InChI is InChI=1S/C31H38ClN3O4S/c1-6-24(4)33-31(37)29(18-25-10-8-7-9-11-25)34(20-26-15-12-22(2)13-16-26)30(36)21-35(40(5,38)39)28-19-27(32)17-14-23(28)3/h7-17,19,24,29H,6,18,20-21H2,1-5H3,(H,33,37)/t24-,29-/m0/s1. The van der Waals surface area contributed by atoms with Gasteiger partial charge in [0.1, 0.15) is 12.6 Å². The molecule has 40 heavy (non-hydrogen) atoms. The maximum Gasteiger partial charge on any atom is 0.244 e. The number of hydrogen-bond acceptors (Lipinski definition) is 4. The highest BCUT2D eigenvalue weighted by molar-refractivity contribution is 7.92. The highest BCUT2D eigenvalue weighted by Gasteiger charge is 2.33. The zero-order valence-electron chi connectivity index (χ0n) is 23.7. The van der Waals surface area contributed by atoms with Gasteiger partial charge in [0.25, 0.3) is 0 Å². The number of anilines is 1. The third-order valence-electron chi connectivity index (χ3n) is 6.86. The zero-order chi connectivity index (χ0) is 29.4. The third-order valence-corrected chi connectivity index (χ3v) is 8.23. The summed E-state index contributed by atoms with van der Waals surface area (Å²) in [7, 11) is -3.87. The van der Waals surface area contributed by atoms with Crippen LogP contribution in [0.1, 0.15) is 42.5 Å². The molecule has 0 saturated carbocycles. The summed E-state index contributed by atoms with van der Waals surface area (Å²) in [6.07, 6.45) is 2.06. The molecule has 0 bridgehead atoms. The van der Waals surface area contributed by atoms with Crippen molar-refractivity contribution in [2.75, 3.05) is 17.1 Å². The molecule has 0 fully saturated rings. The Balaban J connectivity index is 2.08. The number of hydrogen-bond donors (Lipinski definition) is 1. The van der Waals surface area contributed by atoms with Gasteiger partial charge in [0, 0.05) is 24.0 Å². The Bertz CT molecular complexity index is 1410. The largest absolute Gasteiger partial charge is 0.352 e. The first kappa shape index (κ1) is 31.2. The molecular formula is C31H38ClN3O4S. The summed E-state index contributed by atoms with van der Waals surface area (Å²) in [5.74, 6) is -0.783. The van der Waals surface area contributed by atoms with Crippen LogP contribution in [-0.2, 0) is 32.6 Å². The maximum atomic E-state index is 14.1. The van der Waals surface area contributed by atoms with Crippen molar-refractivity contribution < 1.29 is 18.0 Å². The molecular weight excluding hydrogens is 546 g/mol. The predicted molar refractivity (Wildman–Crippen MR) is 162 cm³/mol. The summed E-state index contributed by atoms with van der Waals surface area (Å²) in [6, 6.07) is 21.2. The molecule has 0 aliphatic carbocycles. The summed E-state index contributed by atoms with van der Waals surface area (Å²) in [4.78, 5) is 29.3. The fraction of sp³-hybridized carbons (Fsp3) is 0.355. The fourth-order valence-corrected chi connectivity index (χ4v) is 5.40. The number of carbonyl (C=O) groups excluding carboxylic acids is 2. The van der Waals surface area contributed by atoms with Gasteiger partial charge in [0.2, 0.25) is 21.8 Å². The van der Waals surface area contributed by atoms with Crippen LogP contribution < -0.4 is 9.62 Å². The van der Waals surface area contributed by atoms with E-state index in [0.29, 0.717) is 16.3 Å². The van der Waals surface area contributed by atoms with E-state index in [1.54, 1.807) is 19.1 Å². The molecule has 0 aliphatic heterocycles. The first-order valence-electron chi connectivity index (χ1n) is 13.3. The summed E-state index contributed by atoms with van der Waals surface area (Å²) >= 11 is 6.20. The second-order valence-corrected chi connectivity index (χ2v) is 12.6. The minimum Gasteiger partial charge on any atom is -0.352 e. The summed E-state index contributed by atoms with van der Waals surface area (Å²) in [5, 5.41) is 3.38. The molecule has 2 amide bonds. The Morgan fingerprint density at radius 1 is 0.950 bits per heavy atom. The van der Waals surface area contributed by atoms with Gasteiger partial charge in [-0.15, -0.1) is 0 Å². The van der Waals surface area contributed by atoms with Crippen LogP contribution >= 0.6 is 11.6 Å². The summed E-state index contributed by atoms with van der Waals surface area (Å²) in [5.41, 5.74) is 3.76. The van der Waals surface area contributed by atoms with Gasteiger partial charge in [0.05, 0.1) is 11.9 Å². The highest BCUT2D eigenvalue weighted by Crippen LogP contribution is 2.27. The Kier molecular flexibility index (Phi) is 10.8. The number of benzene rings is 3. The predicted octanol–water partition coefficient (Wildman–Crippen LogP) is 5.28. The van der Waals surface area contributed by atoms with Gasteiger partial charge in [-0.1, -0.05) is 84.8 Å². The van der Waals surface area contributed by atoms with E-state index in [1.165, 1.54) is 11.0 Å². The van der Waals surface area contributed by atoms with Crippen LogP contribution in [0.4, 0.5) is 5.69 Å². The topological polar surface area (TPSA) is 86.8 Å². The number of rotatable bonds is 12. The third kappa shape index (κ3) is 8.57. The molecule has 3 rings (SSSR count). The van der Waals surface area contributed by atoms with Gasteiger partial charge in [-0.3, -0.25) is 13.9 Å². The average molecular weight is 584 g/mol. The van der Waals surface area contributed by atoms with E-state index >= 15 is 0 Å². The molecule has 7 nitrogen and oxygen atoms in total. The normalized spacial score (nSPS) is 12.8. The molecule has 1 N–H and O–H groups in total. The van der Waals surface area contributed by atoms with Gasteiger partial charge in [-0.25, -0.2) is 8.42 Å². The first-order valence-corrected chi connectivity index (χ1v) is 15.5. The number of halogens is 1. The molecule has 9 heteroatoms. The van der Waals surface area contributed by atoms with Crippen molar-refractivity contribution in [2.24, 2.45) is 0 Å². The lowest BCUT2D eigenvalue weighted by Gasteiger charge is -2.34. The summed E-state index contributed by atoms with van der Waals surface area (Å²) in [6.45, 7) is 7.28. The van der Waals surface area contributed by atoms with Crippen LogP contribution in [0, 0.1) is 13.8 Å². The molecule has 0 aromatic heterocycles. The molecule has 0 heterocycles. The molecule has 0 unspecified atom stereocenters. The monoisotopic (exact) mass is 583 g/mol. The second kappa shape index (κ2) is 13.8. The number of aryl methyl sites for hydroxylation is 2. The van der Waals surface area contributed by atoms with Crippen LogP contribution in [0.25, 0.3) is 0 Å². The minimum absolute atomic E-state index is 0.0938. The summed E-state index contributed by atoms with van der Waals surface area (Å²) < 4.78 is 27.0. The number of sulfonamides is 1. The fourth-order valence-electron chi connectivity index (χ4n) is 4.33. The van der Waals surface area contributed by atoms with E-state index in [-0.39, 0.29) is 24.9 Å². The van der Waals surface area contributed by atoms with Crippen molar-refractivity contribution in [2.45, 2.75) is 59.2 Å². The molecule has 3 aromatic carbocycles. The molecule has 2 atom stereocenters. The lowest BCUT2D eigenvalue weighted by atomic mass is 10.0. The van der Waals surface area contributed by atoms with E-state index in [9.17, 15) is 18.0 Å². The SMILES string of the molecule is CC[C@H](C)NC(=O)[C@H](Cc1ccccc1)N(Cc1ccc(C)cc1)C(=O)CN(c1cc(Cl)ccc1C)S(C)(=O)=O. The zero-order valence-corrected chi connectivity index (χ0v) is 25.3. The van der Waals surface area contributed by atoms with Gasteiger partial charge in [-0.05, 0) is 56.0 Å². The second-order valence-electron chi connectivity index (χ2n) is 10.2. The Hall–Kier alpha value is -3.36. The van der Waals surface area contributed by atoms with Gasteiger partial charge < -0.3 is 10.2 Å². The van der Waals surface area contributed by atoms with Crippen LogP contribution in [0.3, 0.4) is 0 Å². The van der Waals surface area contributed by atoms with Gasteiger partial charge in [0.15, 0.2) is 0 Å². The molecule has 0 radical (unpaired) electrons. The van der Waals surface area contributed by atoms with Crippen molar-refractivity contribution in [1.29, 1.82) is 0 Å². The molecule has 0 saturated heterocycles. The van der Waals surface area contributed by atoms with Gasteiger partial charge >= 0.3 is 0 Å². The minimum atomic E-state index is -3.87. The first-order chi connectivity index (χ1) is 18.9. The lowest BCUT2D eigenvalue weighted by Crippen LogP contribution is -2.54. The number of amides is 2.